The van der Waals surface area contributed by atoms with E-state index in [9.17, 15) is 9.59 Å². The lowest BCUT2D eigenvalue weighted by Crippen LogP contribution is -2.39. The molecule has 2 N–H and O–H groups in total. The summed E-state index contributed by atoms with van der Waals surface area (Å²) in [6.07, 6.45) is 1.88. The van der Waals surface area contributed by atoms with E-state index in [2.05, 4.69) is 5.32 Å². The molecule has 1 atom stereocenters. The van der Waals surface area contributed by atoms with Crippen molar-refractivity contribution in [3.63, 3.8) is 0 Å². The van der Waals surface area contributed by atoms with Crippen LogP contribution in [0.4, 0.5) is 0 Å². The standard InChI is InChI=1S/C10H15NO4/c12-8(10(2-3-10)9(13)14)11-5-7-1-4-15-6-7/h7H,1-6H2,(H,11,12)(H,13,14). The van der Waals surface area contributed by atoms with Gasteiger partial charge in [-0.25, -0.2) is 0 Å². The molecule has 1 saturated carbocycles. The minimum Gasteiger partial charge on any atom is -0.480 e. The summed E-state index contributed by atoms with van der Waals surface area (Å²) in [6, 6.07) is 0. The molecule has 1 amide bonds. The van der Waals surface area contributed by atoms with Crippen LogP contribution in [0.2, 0.25) is 0 Å². The Morgan fingerprint density at radius 2 is 2.20 bits per heavy atom. The van der Waals surface area contributed by atoms with E-state index in [1.165, 1.54) is 0 Å². The summed E-state index contributed by atoms with van der Waals surface area (Å²) in [5.41, 5.74) is -1.11. The van der Waals surface area contributed by atoms with Gasteiger partial charge in [-0.05, 0) is 19.3 Å². The van der Waals surface area contributed by atoms with Gasteiger partial charge in [0.1, 0.15) is 5.41 Å². The number of ether oxygens (including phenoxy) is 1. The van der Waals surface area contributed by atoms with Gasteiger partial charge in [0.15, 0.2) is 0 Å². The number of hydrogen-bond donors (Lipinski definition) is 2. The molecule has 2 fully saturated rings. The quantitative estimate of drug-likeness (QED) is 0.645. The molecule has 84 valence electrons. The first-order chi connectivity index (χ1) is 7.15. The molecule has 0 spiro atoms. The molecule has 5 heteroatoms. The number of carboxylic acids is 1. The van der Waals surface area contributed by atoms with Crippen LogP contribution in [0, 0.1) is 11.3 Å². The Balaban J connectivity index is 1.79. The normalized spacial score (nSPS) is 27.3. The van der Waals surface area contributed by atoms with Crippen molar-refractivity contribution in [2.75, 3.05) is 19.8 Å². The Kier molecular flexibility index (Phi) is 2.65. The lowest BCUT2D eigenvalue weighted by molar-refractivity contribution is -0.149. The number of carbonyl (C=O) groups is 2. The molecule has 1 aliphatic heterocycles. The molecule has 0 radical (unpaired) electrons. The third-order valence-corrected chi connectivity index (χ3v) is 3.17. The van der Waals surface area contributed by atoms with Crippen LogP contribution in [0.15, 0.2) is 0 Å². The molecule has 1 unspecified atom stereocenters. The van der Waals surface area contributed by atoms with Crippen LogP contribution >= 0.6 is 0 Å². The summed E-state index contributed by atoms with van der Waals surface area (Å²) in [6.45, 7) is 1.94. The van der Waals surface area contributed by atoms with Gasteiger partial charge < -0.3 is 15.2 Å². The van der Waals surface area contributed by atoms with Gasteiger partial charge in [-0.3, -0.25) is 9.59 Å². The van der Waals surface area contributed by atoms with Crippen molar-refractivity contribution >= 4 is 11.9 Å². The molecule has 15 heavy (non-hydrogen) atoms. The van der Waals surface area contributed by atoms with E-state index in [0.717, 1.165) is 13.0 Å². The molecule has 0 aromatic carbocycles. The van der Waals surface area contributed by atoms with Crippen LogP contribution in [-0.4, -0.2) is 36.7 Å². The highest BCUT2D eigenvalue weighted by molar-refractivity contribution is 6.04. The van der Waals surface area contributed by atoms with Crippen molar-refractivity contribution in [3.8, 4) is 0 Å². The van der Waals surface area contributed by atoms with Crippen molar-refractivity contribution in [1.29, 1.82) is 0 Å². The van der Waals surface area contributed by atoms with Gasteiger partial charge in [0.05, 0.1) is 6.61 Å². The van der Waals surface area contributed by atoms with Crippen molar-refractivity contribution in [1.82, 2.24) is 5.32 Å². The van der Waals surface area contributed by atoms with Crippen LogP contribution in [0.5, 0.6) is 0 Å². The summed E-state index contributed by atoms with van der Waals surface area (Å²) < 4.78 is 5.17. The van der Waals surface area contributed by atoms with Gasteiger partial charge in [-0.1, -0.05) is 0 Å². The maximum atomic E-state index is 11.6. The van der Waals surface area contributed by atoms with Gasteiger partial charge >= 0.3 is 5.97 Å². The van der Waals surface area contributed by atoms with E-state index < -0.39 is 11.4 Å². The van der Waals surface area contributed by atoms with E-state index in [-0.39, 0.29) is 5.91 Å². The first-order valence-electron chi connectivity index (χ1n) is 5.24. The summed E-state index contributed by atoms with van der Waals surface area (Å²) >= 11 is 0. The molecule has 0 aromatic heterocycles. The predicted octanol–water partition coefficient (Wildman–Crippen LogP) is 0.00390. The van der Waals surface area contributed by atoms with Gasteiger partial charge in [-0.15, -0.1) is 0 Å². The van der Waals surface area contributed by atoms with Crippen molar-refractivity contribution in [2.24, 2.45) is 11.3 Å². The second-order valence-electron chi connectivity index (χ2n) is 4.33. The van der Waals surface area contributed by atoms with Crippen molar-refractivity contribution < 1.29 is 19.4 Å². The zero-order valence-corrected chi connectivity index (χ0v) is 8.49. The molecular weight excluding hydrogens is 198 g/mol. The number of nitrogens with one attached hydrogen (secondary N) is 1. The SMILES string of the molecule is O=C(O)C1(C(=O)NCC2CCOC2)CC1. The van der Waals surface area contributed by atoms with Crippen LogP contribution in [-0.2, 0) is 14.3 Å². The van der Waals surface area contributed by atoms with Crippen molar-refractivity contribution in [2.45, 2.75) is 19.3 Å². The van der Waals surface area contributed by atoms with E-state index >= 15 is 0 Å². The Morgan fingerprint density at radius 3 is 2.67 bits per heavy atom. The zero-order chi connectivity index (χ0) is 10.9. The number of carboxylic acid groups (broad SMARTS) is 1. The minimum absolute atomic E-state index is 0.332. The number of hydrogen-bond acceptors (Lipinski definition) is 3. The summed E-state index contributed by atoms with van der Waals surface area (Å²) in [7, 11) is 0. The second-order valence-corrected chi connectivity index (χ2v) is 4.33. The van der Waals surface area contributed by atoms with Crippen LogP contribution < -0.4 is 5.32 Å². The van der Waals surface area contributed by atoms with Gasteiger partial charge in [0.2, 0.25) is 5.91 Å². The predicted molar refractivity (Wildman–Crippen MR) is 51.2 cm³/mol. The molecule has 0 aromatic rings. The third kappa shape index (κ3) is 1.97. The van der Waals surface area contributed by atoms with Crippen molar-refractivity contribution in [3.05, 3.63) is 0 Å². The molecule has 2 rings (SSSR count). The number of carbonyl (C=O) groups excluding carboxylic acids is 1. The topological polar surface area (TPSA) is 75.6 Å². The van der Waals surface area contributed by atoms with E-state index in [4.69, 9.17) is 9.84 Å². The molecule has 5 nitrogen and oxygen atoms in total. The Bertz CT molecular complexity index is 279. The van der Waals surface area contributed by atoms with Gasteiger partial charge in [-0.2, -0.15) is 0 Å². The number of rotatable bonds is 4. The average Bonchev–Trinajstić information content (AvgIpc) is 2.87. The minimum atomic E-state index is -1.11. The Labute approximate surface area is 87.8 Å². The van der Waals surface area contributed by atoms with Crippen LogP contribution in [0.1, 0.15) is 19.3 Å². The fourth-order valence-corrected chi connectivity index (χ4v) is 1.81. The maximum absolute atomic E-state index is 11.6. The Hall–Kier alpha value is -1.10. The largest absolute Gasteiger partial charge is 0.480 e. The van der Waals surface area contributed by atoms with E-state index in [1.54, 1.807) is 0 Å². The fraction of sp³-hybridized carbons (Fsp3) is 0.800. The van der Waals surface area contributed by atoms with Gasteiger partial charge in [0.25, 0.3) is 0 Å². The number of amides is 1. The maximum Gasteiger partial charge on any atom is 0.319 e. The third-order valence-electron chi connectivity index (χ3n) is 3.17. The molecule has 0 bridgehead atoms. The van der Waals surface area contributed by atoms with Crippen LogP contribution in [0.25, 0.3) is 0 Å². The summed E-state index contributed by atoms with van der Waals surface area (Å²) in [4.78, 5) is 22.4. The average molecular weight is 213 g/mol. The van der Waals surface area contributed by atoms with E-state index in [0.29, 0.717) is 31.9 Å². The molecule has 1 saturated heterocycles. The summed E-state index contributed by atoms with van der Waals surface area (Å²) in [5, 5.41) is 11.6. The molecule has 2 aliphatic rings. The van der Waals surface area contributed by atoms with Gasteiger partial charge in [0, 0.05) is 19.1 Å². The number of aliphatic carboxylic acids is 1. The lowest BCUT2D eigenvalue weighted by atomic mass is 10.1. The van der Waals surface area contributed by atoms with E-state index in [1.807, 2.05) is 0 Å². The highest BCUT2D eigenvalue weighted by Crippen LogP contribution is 2.46. The fourth-order valence-electron chi connectivity index (χ4n) is 1.81. The smallest absolute Gasteiger partial charge is 0.319 e. The second kappa shape index (κ2) is 3.81. The monoisotopic (exact) mass is 213 g/mol. The van der Waals surface area contributed by atoms with Crippen LogP contribution in [0.3, 0.4) is 0 Å². The molecule has 1 heterocycles. The Morgan fingerprint density at radius 1 is 1.47 bits per heavy atom. The zero-order valence-electron chi connectivity index (χ0n) is 8.49. The molecule has 1 aliphatic carbocycles. The highest BCUT2D eigenvalue weighted by atomic mass is 16.5. The summed E-state index contributed by atoms with van der Waals surface area (Å²) in [5.74, 6) is -0.983. The molecular formula is C10H15NO4. The first kappa shape index (κ1) is 10.4. The first-order valence-corrected chi connectivity index (χ1v) is 5.24. The lowest BCUT2D eigenvalue weighted by Gasteiger charge is -2.13. The highest BCUT2D eigenvalue weighted by Gasteiger charge is 2.57.